The minimum atomic E-state index is -1.79. The Kier molecular flexibility index (Phi) is 6.72. The van der Waals surface area contributed by atoms with Gasteiger partial charge >= 0.3 is 0 Å². The summed E-state index contributed by atoms with van der Waals surface area (Å²) in [5, 5.41) is 23.5. The number of hydrogen-bond acceptors (Lipinski definition) is 5. The van der Waals surface area contributed by atoms with Crippen LogP contribution in [-0.4, -0.2) is 58.8 Å². The summed E-state index contributed by atoms with van der Waals surface area (Å²) in [6, 6.07) is 16.0. The van der Waals surface area contributed by atoms with Crippen molar-refractivity contribution in [1.29, 1.82) is 0 Å². The number of anilines is 1. The molecule has 2 heterocycles. The van der Waals surface area contributed by atoms with E-state index in [0.29, 0.717) is 19.6 Å². The molecule has 176 valence electrons. The zero-order valence-electron chi connectivity index (χ0n) is 19.3. The monoisotopic (exact) mass is 451 g/mol. The Morgan fingerprint density at radius 2 is 1.55 bits per heavy atom. The minimum absolute atomic E-state index is 0.111. The van der Waals surface area contributed by atoms with E-state index in [-0.39, 0.29) is 5.41 Å². The highest BCUT2D eigenvalue weighted by Crippen LogP contribution is 2.33. The number of fused-ring (bicyclic) bond motifs is 1. The van der Waals surface area contributed by atoms with Crippen LogP contribution >= 0.6 is 0 Å². The van der Waals surface area contributed by atoms with Crippen LogP contribution in [0.2, 0.25) is 0 Å². The summed E-state index contributed by atoms with van der Waals surface area (Å²) in [6.07, 6.45) is -1.79. The van der Waals surface area contributed by atoms with Gasteiger partial charge in [-0.2, -0.15) is 0 Å². The van der Waals surface area contributed by atoms with Crippen molar-refractivity contribution in [3.8, 4) is 0 Å². The van der Waals surface area contributed by atoms with E-state index >= 15 is 0 Å². The molecular weight excluding hydrogens is 418 g/mol. The number of amides is 2. The lowest BCUT2D eigenvalue weighted by Gasteiger charge is -2.41. The molecule has 0 spiro atoms. The molecule has 0 bridgehead atoms. The second-order valence-corrected chi connectivity index (χ2v) is 9.65. The molecule has 2 aromatic rings. The molecule has 0 aliphatic carbocycles. The fraction of sp³-hybridized carbons (Fsp3) is 0.462. The number of piperidine rings is 1. The maximum atomic E-state index is 12.7. The van der Waals surface area contributed by atoms with Crippen LogP contribution in [-0.2, 0) is 22.7 Å². The zero-order valence-corrected chi connectivity index (χ0v) is 19.3. The third-order valence-electron chi connectivity index (χ3n) is 7.09. The molecule has 0 aromatic heterocycles. The molecule has 1 fully saturated rings. The Bertz CT molecular complexity index is 991. The molecule has 0 saturated carbocycles. The average molecular weight is 452 g/mol. The van der Waals surface area contributed by atoms with Gasteiger partial charge in [-0.15, -0.1) is 0 Å². The molecule has 7 heteroatoms. The van der Waals surface area contributed by atoms with Gasteiger partial charge in [-0.25, -0.2) is 0 Å². The molecule has 2 aliphatic rings. The predicted octanol–water partition coefficient (Wildman–Crippen LogP) is 1.98. The normalized spacial score (nSPS) is 19.0. The van der Waals surface area contributed by atoms with E-state index in [0.717, 1.165) is 37.1 Å². The van der Waals surface area contributed by atoms with Crippen molar-refractivity contribution in [3.63, 3.8) is 0 Å². The number of hydrogen-bond donors (Lipinski definition) is 3. The molecular formula is C26H33N3O4. The molecule has 1 saturated heterocycles. The van der Waals surface area contributed by atoms with E-state index in [4.69, 9.17) is 0 Å². The minimum Gasteiger partial charge on any atom is -0.380 e. The number of aliphatic hydroxyl groups is 2. The van der Waals surface area contributed by atoms with Crippen molar-refractivity contribution in [2.45, 2.75) is 52.0 Å². The van der Waals surface area contributed by atoms with Gasteiger partial charge in [0.25, 0.3) is 11.8 Å². The predicted molar refractivity (Wildman–Crippen MR) is 126 cm³/mol. The van der Waals surface area contributed by atoms with Gasteiger partial charge in [0.1, 0.15) is 0 Å². The Hall–Kier alpha value is -2.90. The number of aryl methyl sites for hydroxylation is 1. The van der Waals surface area contributed by atoms with Crippen LogP contribution in [0.15, 0.2) is 48.5 Å². The fourth-order valence-electron chi connectivity index (χ4n) is 4.74. The van der Waals surface area contributed by atoms with Crippen LogP contribution in [0.5, 0.6) is 0 Å². The topological polar surface area (TPSA) is 93.1 Å². The van der Waals surface area contributed by atoms with Gasteiger partial charge in [0.2, 0.25) is 0 Å². The average Bonchev–Trinajstić information content (AvgIpc) is 3.26. The molecule has 2 aromatic carbocycles. The molecule has 2 aliphatic heterocycles. The second kappa shape index (κ2) is 9.53. The summed E-state index contributed by atoms with van der Waals surface area (Å²) in [7, 11) is 0. The van der Waals surface area contributed by atoms with Crippen molar-refractivity contribution in [2.75, 3.05) is 24.5 Å². The van der Waals surface area contributed by atoms with E-state index < -0.39 is 24.0 Å². The summed E-state index contributed by atoms with van der Waals surface area (Å²) >= 11 is 0. The number of para-hydroxylation sites is 1. The highest BCUT2D eigenvalue weighted by molar-refractivity contribution is 5.91. The first-order valence-corrected chi connectivity index (χ1v) is 11.6. The Morgan fingerprint density at radius 3 is 2.15 bits per heavy atom. The van der Waals surface area contributed by atoms with Crippen LogP contribution in [0, 0.1) is 12.3 Å². The van der Waals surface area contributed by atoms with Gasteiger partial charge in [0.15, 0.2) is 12.2 Å². The zero-order chi connectivity index (χ0) is 23.6. The Labute approximate surface area is 195 Å². The van der Waals surface area contributed by atoms with Gasteiger partial charge in [-0.3, -0.25) is 9.59 Å². The first-order chi connectivity index (χ1) is 15.8. The number of nitrogens with one attached hydrogen (secondary N) is 1. The van der Waals surface area contributed by atoms with E-state index in [1.165, 1.54) is 16.2 Å². The van der Waals surface area contributed by atoms with Crippen molar-refractivity contribution < 1.29 is 19.8 Å². The molecule has 7 nitrogen and oxygen atoms in total. The molecule has 4 rings (SSSR count). The van der Waals surface area contributed by atoms with Crippen molar-refractivity contribution in [2.24, 2.45) is 5.41 Å². The van der Waals surface area contributed by atoms with E-state index in [9.17, 15) is 19.8 Å². The van der Waals surface area contributed by atoms with Crippen LogP contribution in [0.3, 0.4) is 0 Å². The molecule has 2 amide bonds. The standard InChI is InChI=1S/C26H33N3O4/c1-18-7-3-6-10-21(18)28-13-11-26(2,12-14-28)17-27-24(32)22(30)23(31)25(33)29-15-19-8-4-5-9-20(19)16-29/h3-10,22-23,30-31H,11-17H2,1-2H3,(H,27,32)/t22-,23-/m1/s1. The van der Waals surface area contributed by atoms with Crippen LogP contribution < -0.4 is 10.2 Å². The molecule has 33 heavy (non-hydrogen) atoms. The van der Waals surface area contributed by atoms with E-state index in [1.807, 2.05) is 36.4 Å². The Balaban J connectivity index is 1.27. The number of carbonyl (C=O) groups is 2. The van der Waals surface area contributed by atoms with E-state index in [1.54, 1.807) is 0 Å². The van der Waals surface area contributed by atoms with Gasteiger partial charge < -0.3 is 25.3 Å². The summed E-state index contributed by atoms with van der Waals surface area (Å²) in [4.78, 5) is 29.0. The maximum Gasteiger partial charge on any atom is 0.255 e. The smallest absolute Gasteiger partial charge is 0.255 e. The van der Waals surface area contributed by atoms with Crippen molar-refractivity contribution in [3.05, 3.63) is 65.2 Å². The number of rotatable bonds is 6. The van der Waals surface area contributed by atoms with Gasteiger partial charge in [0, 0.05) is 38.4 Å². The molecule has 0 radical (unpaired) electrons. The molecule has 0 unspecified atom stereocenters. The first-order valence-electron chi connectivity index (χ1n) is 11.6. The largest absolute Gasteiger partial charge is 0.380 e. The number of nitrogens with zero attached hydrogens (tertiary/aromatic N) is 2. The van der Waals surface area contributed by atoms with Crippen LogP contribution in [0.4, 0.5) is 5.69 Å². The summed E-state index contributed by atoms with van der Waals surface area (Å²) in [5.41, 5.74) is 4.41. The number of benzene rings is 2. The number of carbonyl (C=O) groups excluding carboxylic acids is 2. The lowest BCUT2D eigenvalue weighted by molar-refractivity contribution is -0.153. The summed E-state index contributed by atoms with van der Waals surface area (Å²) in [5.74, 6) is -1.35. The van der Waals surface area contributed by atoms with Crippen LogP contribution in [0.25, 0.3) is 0 Å². The van der Waals surface area contributed by atoms with E-state index in [2.05, 4.69) is 36.2 Å². The lowest BCUT2D eigenvalue weighted by Crippen LogP contribution is -2.52. The van der Waals surface area contributed by atoms with Gasteiger partial charge in [-0.1, -0.05) is 49.4 Å². The first kappa shape index (κ1) is 23.3. The highest BCUT2D eigenvalue weighted by Gasteiger charge is 2.37. The second-order valence-electron chi connectivity index (χ2n) is 9.65. The van der Waals surface area contributed by atoms with Crippen molar-refractivity contribution >= 4 is 17.5 Å². The quantitative estimate of drug-likeness (QED) is 0.625. The number of aliphatic hydroxyl groups excluding tert-OH is 2. The van der Waals surface area contributed by atoms with Crippen molar-refractivity contribution in [1.82, 2.24) is 10.2 Å². The van der Waals surface area contributed by atoms with Crippen LogP contribution in [0.1, 0.15) is 36.5 Å². The highest BCUT2D eigenvalue weighted by atomic mass is 16.3. The molecule has 3 N–H and O–H groups in total. The van der Waals surface area contributed by atoms with Gasteiger partial charge in [-0.05, 0) is 47.9 Å². The maximum absolute atomic E-state index is 12.7. The fourth-order valence-corrected chi connectivity index (χ4v) is 4.74. The van der Waals surface area contributed by atoms with Gasteiger partial charge in [0.05, 0.1) is 0 Å². The summed E-state index contributed by atoms with van der Waals surface area (Å²) in [6.45, 7) is 7.13. The summed E-state index contributed by atoms with van der Waals surface area (Å²) < 4.78 is 0. The Morgan fingerprint density at radius 1 is 0.970 bits per heavy atom. The molecule has 2 atom stereocenters. The lowest BCUT2D eigenvalue weighted by atomic mass is 9.80. The third kappa shape index (κ3) is 5.04. The third-order valence-corrected chi connectivity index (χ3v) is 7.09. The SMILES string of the molecule is Cc1ccccc1N1CCC(C)(CNC(=O)[C@H](O)[C@@H](O)C(=O)N2Cc3ccccc3C2)CC1.